The number of benzene rings is 2. The molecule has 0 aliphatic rings. The number of amides is 1. The van der Waals surface area contributed by atoms with Crippen molar-refractivity contribution in [2.24, 2.45) is 4.99 Å². The molecule has 0 saturated carbocycles. The molecular formula is C23H24N4O4. The molecule has 8 heteroatoms. The van der Waals surface area contributed by atoms with Crippen molar-refractivity contribution in [3.8, 4) is 17.2 Å². The number of hydrogen-bond acceptors (Lipinski definition) is 6. The number of nitrogens with one attached hydrogen (secondary N) is 2. The number of carbonyl (C=O) groups excluding carboxylic acids is 1. The minimum Gasteiger partial charge on any atom is -0.497 e. The van der Waals surface area contributed by atoms with Crippen LogP contribution in [0.4, 0.5) is 5.69 Å². The summed E-state index contributed by atoms with van der Waals surface area (Å²) in [6.45, 7) is 0.329. The van der Waals surface area contributed by atoms with Crippen LogP contribution >= 0.6 is 0 Å². The molecule has 3 rings (SSSR count). The zero-order chi connectivity index (χ0) is 22.1. The van der Waals surface area contributed by atoms with Gasteiger partial charge in [-0.25, -0.2) is 4.99 Å². The molecule has 0 aliphatic carbocycles. The summed E-state index contributed by atoms with van der Waals surface area (Å²) in [5.41, 5.74) is 1.99. The summed E-state index contributed by atoms with van der Waals surface area (Å²) in [7, 11) is 4.69. The topological polar surface area (TPSA) is 94.1 Å². The fourth-order valence-electron chi connectivity index (χ4n) is 2.73. The van der Waals surface area contributed by atoms with Crippen molar-refractivity contribution in [2.45, 2.75) is 6.54 Å². The molecule has 160 valence electrons. The van der Waals surface area contributed by atoms with Crippen LogP contribution < -0.4 is 24.8 Å². The largest absolute Gasteiger partial charge is 0.497 e. The number of aliphatic imine (C=N–C) groups is 1. The molecule has 31 heavy (non-hydrogen) atoms. The quantitative estimate of drug-likeness (QED) is 0.449. The highest BCUT2D eigenvalue weighted by Gasteiger charge is 2.12. The van der Waals surface area contributed by atoms with Crippen LogP contribution in [0.1, 0.15) is 15.9 Å². The smallest absolute Gasteiger partial charge is 0.258 e. The Bertz CT molecular complexity index is 1030. The number of nitrogens with zero attached hydrogens (tertiary/aromatic N) is 2. The third-order valence-electron chi connectivity index (χ3n) is 4.32. The average molecular weight is 420 g/mol. The van der Waals surface area contributed by atoms with Gasteiger partial charge in [0.2, 0.25) is 5.96 Å². The van der Waals surface area contributed by atoms with Gasteiger partial charge in [0.1, 0.15) is 17.2 Å². The van der Waals surface area contributed by atoms with E-state index in [1.807, 2.05) is 12.1 Å². The van der Waals surface area contributed by atoms with Crippen LogP contribution in [0.15, 0.2) is 72.0 Å². The summed E-state index contributed by atoms with van der Waals surface area (Å²) in [6, 6.07) is 15.9. The summed E-state index contributed by atoms with van der Waals surface area (Å²) in [6.07, 6.45) is 3.42. The second-order valence-electron chi connectivity index (χ2n) is 6.44. The van der Waals surface area contributed by atoms with Gasteiger partial charge in [0.05, 0.1) is 27.9 Å². The summed E-state index contributed by atoms with van der Waals surface area (Å²) >= 11 is 0. The highest BCUT2D eigenvalue weighted by atomic mass is 16.5. The Morgan fingerprint density at radius 1 is 0.935 bits per heavy atom. The van der Waals surface area contributed by atoms with Gasteiger partial charge in [-0.05, 0) is 29.8 Å². The van der Waals surface area contributed by atoms with Gasteiger partial charge in [-0.15, -0.1) is 0 Å². The van der Waals surface area contributed by atoms with Crippen LogP contribution in [-0.2, 0) is 6.54 Å². The predicted octanol–water partition coefficient (Wildman–Crippen LogP) is 3.51. The minimum atomic E-state index is -0.328. The molecule has 0 aliphatic heterocycles. The second-order valence-corrected chi connectivity index (χ2v) is 6.44. The first-order chi connectivity index (χ1) is 15.1. The molecule has 0 bridgehead atoms. The maximum absolute atomic E-state index is 12.8. The maximum atomic E-state index is 12.8. The summed E-state index contributed by atoms with van der Waals surface area (Å²) < 4.78 is 15.8. The van der Waals surface area contributed by atoms with Crippen molar-refractivity contribution in [1.29, 1.82) is 0 Å². The molecule has 0 unspecified atom stereocenters. The Hall–Kier alpha value is -4.07. The number of aromatic nitrogens is 1. The molecule has 0 spiro atoms. The molecule has 0 atom stereocenters. The van der Waals surface area contributed by atoms with Gasteiger partial charge >= 0.3 is 0 Å². The number of anilines is 1. The van der Waals surface area contributed by atoms with E-state index in [2.05, 4.69) is 20.6 Å². The molecule has 0 radical (unpaired) electrons. The van der Waals surface area contributed by atoms with E-state index >= 15 is 0 Å². The summed E-state index contributed by atoms with van der Waals surface area (Å²) in [5.74, 6) is 1.74. The Morgan fingerprint density at radius 3 is 2.32 bits per heavy atom. The average Bonchev–Trinajstić information content (AvgIpc) is 2.82. The molecular weight excluding hydrogens is 396 g/mol. The van der Waals surface area contributed by atoms with Crippen LogP contribution in [0.2, 0.25) is 0 Å². The normalized spacial score (nSPS) is 10.9. The number of pyridine rings is 1. The van der Waals surface area contributed by atoms with Crippen LogP contribution in [-0.4, -0.2) is 38.2 Å². The van der Waals surface area contributed by atoms with Crippen LogP contribution in [0.5, 0.6) is 17.2 Å². The van der Waals surface area contributed by atoms with E-state index in [-0.39, 0.29) is 11.9 Å². The molecule has 0 saturated heterocycles. The van der Waals surface area contributed by atoms with Gasteiger partial charge in [-0.2, -0.15) is 0 Å². The Morgan fingerprint density at radius 2 is 1.68 bits per heavy atom. The van der Waals surface area contributed by atoms with Crippen molar-refractivity contribution in [2.75, 3.05) is 26.6 Å². The standard InChI is InChI=1S/C23H24N4O4/c1-29-19-8-4-7-17(10-19)22(28)27-23(25-15-16-6-5-9-24-14-16)26-18-11-20(30-2)13-21(12-18)31-3/h4-14H,15H2,1-3H3,(H2,25,26,27,28). The molecule has 8 nitrogen and oxygen atoms in total. The van der Waals surface area contributed by atoms with E-state index in [0.717, 1.165) is 5.56 Å². The number of rotatable bonds is 7. The zero-order valence-electron chi connectivity index (χ0n) is 17.6. The van der Waals surface area contributed by atoms with E-state index in [4.69, 9.17) is 14.2 Å². The first-order valence-corrected chi connectivity index (χ1v) is 9.50. The lowest BCUT2D eigenvalue weighted by atomic mass is 10.2. The summed E-state index contributed by atoms with van der Waals surface area (Å²) in [5, 5.41) is 5.96. The summed E-state index contributed by atoms with van der Waals surface area (Å²) in [4.78, 5) is 21.4. The molecule has 1 amide bonds. The lowest BCUT2D eigenvalue weighted by molar-refractivity contribution is 0.0976. The first kappa shape index (κ1) is 21.6. The Labute approximate surface area is 180 Å². The van der Waals surface area contributed by atoms with Gasteiger partial charge in [-0.3, -0.25) is 15.1 Å². The highest BCUT2D eigenvalue weighted by Crippen LogP contribution is 2.25. The van der Waals surface area contributed by atoms with E-state index in [0.29, 0.717) is 35.0 Å². The monoisotopic (exact) mass is 420 g/mol. The molecule has 0 fully saturated rings. The van der Waals surface area contributed by atoms with Crippen molar-refractivity contribution in [3.05, 3.63) is 78.1 Å². The van der Waals surface area contributed by atoms with Crippen LogP contribution in [0.25, 0.3) is 0 Å². The predicted molar refractivity (Wildman–Crippen MR) is 119 cm³/mol. The minimum absolute atomic E-state index is 0.270. The Balaban J connectivity index is 1.86. The van der Waals surface area contributed by atoms with E-state index in [1.165, 1.54) is 0 Å². The third kappa shape index (κ3) is 6.20. The highest BCUT2D eigenvalue weighted by molar-refractivity contribution is 6.10. The molecule has 2 aromatic carbocycles. The molecule has 1 heterocycles. The van der Waals surface area contributed by atoms with Gasteiger partial charge < -0.3 is 19.5 Å². The maximum Gasteiger partial charge on any atom is 0.258 e. The van der Waals surface area contributed by atoms with Crippen molar-refractivity contribution in [1.82, 2.24) is 10.3 Å². The van der Waals surface area contributed by atoms with Gasteiger partial charge in [-0.1, -0.05) is 12.1 Å². The molecule has 2 N–H and O–H groups in total. The number of hydrogen-bond donors (Lipinski definition) is 2. The van der Waals surface area contributed by atoms with Gasteiger partial charge in [0, 0.05) is 41.8 Å². The van der Waals surface area contributed by atoms with E-state index in [1.54, 1.807) is 76.2 Å². The van der Waals surface area contributed by atoms with Crippen LogP contribution in [0.3, 0.4) is 0 Å². The van der Waals surface area contributed by atoms with E-state index < -0.39 is 0 Å². The number of ether oxygens (including phenoxy) is 3. The second kappa shape index (κ2) is 10.6. The number of carbonyl (C=O) groups is 1. The lowest BCUT2D eigenvalue weighted by Crippen LogP contribution is -2.36. The van der Waals surface area contributed by atoms with Crippen LogP contribution in [0, 0.1) is 0 Å². The molecule has 1 aromatic heterocycles. The fraction of sp³-hybridized carbons (Fsp3) is 0.174. The lowest BCUT2D eigenvalue weighted by Gasteiger charge is -2.14. The SMILES string of the molecule is COc1cc(NC(=NCc2cccnc2)NC(=O)c2cccc(OC)c2)cc(OC)c1. The Kier molecular flexibility index (Phi) is 7.42. The number of guanidine groups is 1. The van der Waals surface area contributed by atoms with Crippen molar-refractivity contribution in [3.63, 3.8) is 0 Å². The third-order valence-corrected chi connectivity index (χ3v) is 4.32. The van der Waals surface area contributed by atoms with Crippen molar-refractivity contribution >= 4 is 17.6 Å². The zero-order valence-corrected chi connectivity index (χ0v) is 17.6. The van der Waals surface area contributed by atoms with Gasteiger partial charge in [0.25, 0.3) is 5.91 Å². The number of methoxy groups -OCH3 is 3. The van der Waals surface area contributed by atoms with E-state index in [9.17, 15) is 4.79 Å². The van der Waals surface area contributed by atoms with Crippen molar-refractivity contribution < 1.29 is 19.0 Å². The molecule has 3 aromatic rings. The fourth-order valence-corrected chi connectivity index (χ4v) is 2.73. The first-order valence-electron chi connectivity index (χ1n) is 9.50. The van der Waals surface area contributed by atoms with Gasteiger partial charge in [0.15, 0.2) is 0 Å².